The van der Waals surface area contributed by atoms with Crippen molar-refractivity contribution in [3.8, 4) is 28.2 Å². The van der Waals surface area contributed by atoms with Crippen molar-refractivity contribution in [3.63, 3.8) is 0 Å². The van der Waals surface area contributed by atoms with E-state index in [4.69, 9.17) is 42.4 Å². The lowest BCUT2D eigenvalue weighted by Crippen LogP contribution is -2.29. The Bertz CT molecular complexity index is 1650. The van der Waals surface area contributed by atoms with E-state index in [1.54, 1.807) is 0 Å². The summed E-state index contributed by atoms with van der Waals surface area (Å²) < 4.78 is 37.2. The summed E-state index contributed by atoms with van der Waals surface area (Å²) in [6.45, 7) is 0.604. The van der Waals surface area contributed by atoms with Crippen molar-refractivity contribution in [3.05, 3.63) is 101 Å². The third kappa shape index (κ3) is 10.4. The van der Waals surface area contributed by atoms with Gasteiger partial charge in [0.2, 0.25) is 0 Å². The maximum atomic E-state index is 13.5. The molecule has 0 spiro atoms. The number of aromatic hydroxyl groups is 1. The molecule has 2 unspecified atom stereocenters. The van der Waals surface area contributed by atoms with Gasteiger partial charge in [0.15, 0.2) is 6.10 Å². The number of hydrogen-bond donors (Lipinski definition) is 5. The first-order valence-electron chi connectivity index (χ1n) is 14.1. The molecule has 1 aliphatic rings. The van der Waals surface area contributed by atoms with Crippen molar-refractivity contribution >= 4 is 29.5 Å². The second-order valence-electron chi connectivity index (χ2n) is 10.1. The van der Waals surface area contributed by atoms with Gasteiger partial charge in [-0.05, 0) is 85.6 Å². The molecule has 244 valence electrons. The Balaban J connectivity index is 0.000000197. The largest absolute Gasteiger partial charge is 0.507 e. The summed E-state index contributed by atoms with van der Waals surface area (Å²) in [6, 6.07) is 17.1. The Hall–Kier alpha value is -4.78. The Kier molecular flexibility index (Phi) is 13.2. The number of cyclic esters (lactones) is 1. The summed E-state index contributed by atoms with van der Waals surface area (Å²) in [5.41, 5.74) is 11.4. The van der Waals surface area contributed by atoms with Crippen molar-refractivity contribution in [2.24, 2.45) is 11.5 Å². The van der Waals surface area contributed by atoms with Crippen LogP contribution in [-0.2, 0) is 14.3 Å². The number of benzene rings is 3. The molecule has 7 N–H and O–H groups in total. The van der Waals surface area contributed by atoms with E-state index in [1.165, 1.54) is 12.1 Å². The zero-order valence-electron chi connectivity index (χ0n) is 24.5. The summed E-state index contributed by atoms with van der Waals surface area (Å²) in [7, 11) is 0. The van der Waals surface area contributed by atoms with Crippen LogP contribution in [0.1, 0.15) is 54.3 Å². The smallest absolute Gasteiger partial charge is 0.339 e. The molecule has 13 heteroatoms. The van der Waals surface area contributed by atoms with E-state index in [9.17, 15) is 28.3 Å². The van der Waals surface area contributed by atoms with Gasteiger partial charge in [0.1, 0.15) is 40.5 Å². The van der Waals surface area contributed by atoms with E-state index in [1.807, 2.05) is 36.4 Å². The van der Waals surface area contributed by atoms with Gasteiger partial charge in [0.25, 0.3) is 0 Å². The molecular weight excluding hydrogens is 626 g/mol. The average molecular weight is 659 g/mol. The highest BCUT2D eigenvalue weighted by atomic mass is 35.5. The van der Waals surface area contributed by atoms with Crippen LogP contribution in [0.2, 0.25) is 5.02 Å². The molecule has 1 fully saturated rings. The normalized spacial score (nSPS) is 14.3. The number of rotatable bonds is 9. The second kappa shape index (κ2) is 17.1. The van der Waals surface area contributed by atoms with Gasteiger partial charge in [-0.1, -0.05) is 24.1 Å². The number of aliphatic carboxylic acids is 1. The molecule has 2 heterocycles. The van der Waals surface area contributed by atoms with Gasteiger partial charge in [0, 0.05) is 35.1 Å². The Morgan fingerprint density at radius 3 is 2.24 bits per heavy atom. The summed E-state index contributed by atoms with van der Waals surface area (Å²) >= 11 is 5.84. The van der Waals surface area contributed by atoms with Gasteiger partial charge in [-0.2, -0.15) is 0 Å². The van der Waals surface area contributed by atoms with E-state index < -0.39 is 35.4 Å². The van der Waals surface area contributed by atoms with E-state index in [0.29, 0.717) is 42.7 Å². The first-order valence-corrected chi connectivity index (χ1v) is 14.5. The van der Waals surface area contributed by atoms with Crippen LogP contribution in [0.15, 0.2) is 77.2 Å². The zero-order chi connectivity index (χ0) is 33.8. The van der Waals surface area contributed by atoms with Crippen LogP contribution in [0, 0.1) is 11.6 Å². The van der Waals surface area contributed by atoms with Crippen molar-refractivity contribution in [1.82, 2.24) is 0 Å². The molecule has 1 saturated heterocycles. The van der Waals surface area contributed by atoms with Crippen LogP contribution in [0.25, 0.3) is 22.5 Å². The standard InChI is InChI=1S/C14H11ClO3.C13H8F2O3.C6H14N2O2/c15-10-3-1-9(2-4-10)11-5-6-12(17-11)13-7-8-14(16)18-13;14-8-2-3-9(11(15)6-8)7-1-4-12(16)10(5-7)13(17)18;7-4-2-1-3-5(8)6(9)10/h1-6,13H,7-8H2;1-6,16H,(H,17,18);5H,1-4,7-8H2,(H,9,10). The minimum Gasteiger partial charge on any atom is -0.507 e. The first-order chi connectivity index (χ1) is 21.9. The number of phenols is 1. The van der Waals surface area contributed by atoms with Crippen LogP contribution in [-0.4, -0.2) is 45.8 Å². The van der Waals surface area contributed by atoms with Gasteiger partial charge < -0.3 is 35.9 Å². The highest BCUT2D eigenvalue weighted by Gasteiger charge is 2.27. The molecule has 0 aliphatic carbocycles. The molecule has 5 rings (SSSR count). The lowest BCUT2D eigenvalue weighted by molar-refractivity contribution is -0.142. The molecule has 1 aliphatic heterocycles. The Morgan fingerprint density at radius 2 is 1.65 bits per heavy atom. The lowest BCUT2D eigenvalue weighted by atomic mass is 10.0. The van der Waals surface area contributed by atoms with E-state index in [2.05, 4.69) is 0 Å². The number of hydrogen-bond acceptors (Lipinski definition) is 8. The van der Waals surface area contributed by atoms with Crippen molar-refractivity contribution in [2.45, 2.75) is 44.2 Å². The molecular formula is C33H33ClF2N2O8. The number of nitrogens with two attached hydrogens (primary N) is 2. The van der Waals surface area contributed by atoms with Crippen LogP contribution in [0.3, 0.4) is 0 Å². The van der Waals surface area contributed by atoms with Crippen molar-refractivity contribution < 1.29 is 47.6 Å². The molecule has 0 bridgehead atoms. The van der Waals surface area contributed by atoms with Gasteiger partial charge in [-0.15, -0.1) is 0 Å². The number of esters is 1. The first kappa shape index (κ1) is 35.7. The summed E-state index contributed by atoms with van der Waals surface area (Å²) in [6.07, 6.45) is 3.07. The average Bonchev–Trinajstić information content (AvgIpc) is 3.68. The van der Waals surface area contributed by atoms with E-state index in [-0.39, 0.29) is 28.8 Å². The molecule has 0 saturated carbocycles. The minimum atomic E-state index is -1.32. The van der Waals surface area contributed by atoms with Gasteiger partial charge in [0.05, 0.1) is 0 Å². The van der Waals surface area contributed by atoms with Gasteiger partial charge in [-0.3, -0.25) is 9.59 Å². The predicted molar refractivity (Wildman–Crippen MR) is 166 cm³/mol. The topological polar surface area (TPSA) is 186 Å². The fourth-order valence-corrected chi connectivity index (χ4v) is 4.38. The maximum absolute atomic E-state index is 13.5. The molecule has 4 aromatic rings. The number of carboxylic acid groups (broad SMARTS) is 2. The molecule has 2 atom stereocenters. The van der Waals surface area contributed by atoms with Gasteiger partial charge in [-0.25, -0.2) is 13.6 Å². The molecule has 3 aromatic carbocycles. The highest BCUT2D eigenvalue weighted by Crippen LogP contribution is 2.33. The van der Waals surface area contributed by atoms with Crippen LogP contribution >= 0.6 is 11.6 Å². The van der Waals surface area contributed by atoms with Crippen LogP contribution in [0.4, 0.5) is 8.78 Å². The number of carbonyl (C=O) groups is 3. The fraction of sp³-hybridized carbons (Fsp3) is 0.242. The van der Waals surface area contributed by atoms with Crippen molar-refractivity contribution in [1.29, 1.82) is 0 Å². The Labute approximate surface area is 268 Å². The SMILES string of the molecule is NCCCCC(N)C(=O)O.O=C(O)c1cc(-c2ccc(F)cc2F)ccc1O.O=C1CCC(c2ccc(-c3ccc(Cl)cc3)o2)O1. The number of halogens is 3. The Morgan fingerprint density at radius 1 is 0.957 bits per heavy atom. The van der Waals surface area contributed by atoms with Crippen LogP contribution < -0.4 is 11.5 Å². The van der Waals surface area contributed by atoms with E-state index >= 15 is 0 Å². The third-order valence-electron chi connectivity index (χ3n) is 6.71. The monoisotopic (exact) mass is 658 g/mol. The molecule has 0 amide bonds. The quantitative estimate of drug-likeness (QED) is 0.0976. The minimum absolute atomic E-state index is 0.0684. The maximum Gasteiger partial charge on any atom is 0.339 e. The second-order valence-corrected chi connectivity index (χ2v) is 10.6. The number of furan rings is 1. The number of carbonyl (C=O) groups excluding carboxylic acids is 1. The fourth-order valence-electron chi connectivity index (χ4n) is 4.25. The lowest BCUT2D eigenvalue weighted by Gasteiger charge is -2.06. The summed E-state index contributed by atoms with van der Waals surface area (Å²) in [5.74, 6) is -2.88. The molecule has 10 nitrogen and oxygen atoms in total. The number of aromatic carboxylic acids is 1. The summed E-state index contributed by atoms with van der Waals surface area (Å²) in [5, 5.41) is 27.2. The third-order valence-corrected chi connectivity index (χ3v) is 6.96. The number of ether oxygens (including phenoxy) is 1. The van der Waals surface area contributed by atoms with Crippen molar-refractivity contribution in [2.75, 3.05) is 6.54 Å². The number of carboxylic acids is 2. The molecule has 46 heavy (non-hydrogen) atoms. The number of unbranched alkanes of at least 4 members (excludes halogenated alkanes) is 1. The zero-order valence-corrected chi connectivity index (χ0v) is 25.3. The molecule has 1 aromatic heterocycles. The van der Waals surface area contributed by atoms with E-state index in [0.717, 1.165) is 42.4 Å². The summed E-state index contributed by atoms with van der Waals surface area (Å²) in [4.78, 5) is 32.0. The van der Waals surface area contributed by atoms with Gasteiger partial charge >= 0.3 is 17.9 Å². The highest BCUT2D eigenvalue weighted by molar-refractivity contribution is 6.30. The molecule has 0 radical (unpaired) electrons. The predicted octanol–water partition coefficient (Wildman–Crippen LogP) is 6.54. The van der Waals surface area contributed by atoms with Crippen LogP contribution in [0.5, 0.6) is 5.75 Å².